The minimum atomic E-state index is -0.348. The van der Waals surface area contributed by atoms with Crippen LogP contribution in [0.15, 0.2) is 54.7 Å². The van der Waals surface area contributed by atoms with Gasteiger partial charge in [0, 0.05) is 29.9 Å². The summed E-state index contributed by atoms with van der Waals surface area (Å²) in [6.45, 7) is 2.82. The highest BCUT2D eigenvalue weighted by Gasteiger charge is 2.05. The Labute approximate surface area is 113 Å². The Kier molecular flexibility index (Phi) is 4.18. The van der Waals surface area contributed by atoms with Crippen LogP contribution in [0.4, 0.5) is 5.69 Å². The van der Waals surface area contributed by atoms with Gasteiger partial charge in [-0.2, -0.15) is 0 Å². The van der Waals surface area contributed by atoms with E-state index in [2.05, 4.69) is 22.9 Å². The van der Waals surface area contributed by atoms with E-state index in [0.717, 1.165) is 12.2 Å². The molecule has 0 saturated carbocycles. The van der Waals surface area contributed by atoms with Crippen molar-refractivity contribution in [2.75, 3.05) is 18.6 Å². The first-order valence-electron chi connectivity index (χ1n) is 6.27. The first-order valence-corrected chi connectivity index (χ1v) is 6.27. The standard InChI is InChI=1S/C16H17NO2/c1-3-17(12-11-16(18)19-2)15-10-6-8-13-7-4-5-9-14(13)15/h4-12H,3H2,1-2H3. The van der Waals surface area contributed by atoms with Gasteiger partial charge in [-0.15, -0.1) is 0 Å². The quantitative estimate of drug-likeness (QED) is 0.620. The number of methoxy groups -OCH3 is 1. The van der Waals surface area contributed by atoms with Crippen LogP contribution in [0.2, 0.25) is 0 Å². The van der Waals surface area contributed by atoms with Crippen molar-refractivity contribution in [2.24, 2.45) is 0 Å². The van der Waals surface area contributed by atoms with Crippen LogP contribution in [0.5, 0.6) is 0 Å². The molecule has 2 rings (SSSR count). The molecule has 0 heterocycles. The molecule has 0 bridgehead atoms. The molecule has 0 fully saturated rings. The zero-order valence-electron chi connectivity index (χ0n) is 11.2. The average molecular weight is 255 g/mol. The van der Waals surface area contributed by atoms with E-state index in [4.69, 9.17) is 0 Å². The van der Waals surface area contributed by atoms with Gasteiger partial charge in [-0.1, -0.05) is 36.4 Å². The summed E-state index contributed by atoms with van der Waals surface area (Å²) in [4.78, 5) is 13.2. The Bertz CT molecular complexity index is 599. The highest BCUT2D eigenvalue weighted by atomic mass is 16.5. The monoisotopic (exact) mass is 255 g/mol. The molecule has 0 unspecified atom stereocenters. The van der Waals surface area contributed by atoms with Gasteiger partial charge >= 0.3 is 5.97 Å². The van der Waals surface area contributed by atoms with Gasteiger partial charge in [0.1, 0.15) is 0 Å². The molecule has 0 N–H and O–H groups in total. The maximum atomic E-state index is 11.2. The van der Waals surface area contributed by atoms with E-state index in [0.29, 0.717) is 0 Å². The molecule has 0 atom stereocenters. The number of fused-ring (bicyclic) bond motifs is 1. The van der Waals surface area contributed by atoms with Crippen LogP contribution in [-0.2, 0) is 9.53 Å². The molecule has 0 aliphatic rings. The largest absolute Gasteiger partial charge is 0.466 e. The van der Waals surface area contributed by atoms with E-state index in [1.54, 1.807) is 6.20 Å². The molecule has 2 aromatic carbocycles. The Hall–Kier alpha value is -2.29. The summed E-state index contributed by atoms with van der Waals surface area (Å²) in [6, 6.07) is 14.4. The summed E-state index contributed by atoms with van der Waals surface area (Å²) in [5, 5.41) is 2.35. The number of carbonyl (C=O) groups excluding carboxylic acids is 1. The van der Waals surface area contributed by atoms with Crippen LogP contribution in [0.1, 0.15) is 6.92 Å². The minimum absolute atomic E-state index is 0.348. The number of anilines is 1. The Morgan fingerprint density at radius 2 is 1.95 bits per heavy atom. The zero-order chi connectivity index (χ0) is 13.7. The summed E-state index contributed by atoms with van der Waals surface area (Å²) in [5.74, 6) is -0.348. The van der Waals surface area contributed by atoms with Gasteiger partial charge in [0.05, 0.1) is 7.11 Å². The Balaban J connectivity index is 2.41. The zero-order valence-corrected chi connectivity index (χ0v) is 11.2. The van der Waals surface area contributed by atoms with Crippen LogP contribution >= 0.6 is 0 Å². The Morgan fingerprint density at radius 1 is 1.21 bits per heavy atom. The van der Waals surface area contributed by atoms with Gasteiger partial charge in [-0.3, -0.25) is 0 Å². The maximum Gasteiger partial charge on any atom is 0.331 e. The third-order valence-corrected chi connectivity index (χ3v) is 3.01. The van der Waals surface area contributed by atoms with Crippen molar-refractivity contribution in [1.82, 2.24) is 0 Å². The highest BCUT2D eigenvalue weighted by molar-refractivity contribution is 5.95. The summed E-state index contributed by atoms with van der Waals surface area (Å²) >= 11 is 0. The van der Waals surface area contributed by atoms with Gasteiger partial charge in [-0.05, 0) is 18.4 Å². The lowest BCUT2D eigenvalue weighted by atomic mass is 10.1. The fraction of sp³-hybridized carbons (Fsp3) is 0.188. The lowest BCUT2D eigenvalue weighted by Crippen LogP contribution is -2.16. The lowest BCUT2D eigenvalue weighted by molar-refractivity contribution is -0.134. The van der Waals surface area contributed by atoms with Crippen LogP contribution < -0.4 is 4.90 Å². The highest BCUT2D eigenvalue weighted by Crippen LogP contribution is 2.26. The van der Waals surface area contributed by atoms with Gasteiger partial charge < -0.3 is 9.64 Å². The number of benzene rings is 2. The third kappa shape index (κ3) is 2.94. The predicted molar refractivity (Wildman–Crippen MR) is 78.1 cm³/mol. The smallest absolute Gasteiger partial charge is 0.331 e. The SMILES string of the molecule is CCN(C=CC(=O)OC)c1cccc2ccccc12. The second kappa shape index (κ2) is 6.05. The second-order valence-electron chi connectivity index (χ2n) is 4.12. The number of rotatable bonds is 4. The van der Waals surface area contributed by atoms with Crippen molar-refractivity contribution in [3.8, 4) is 0 Å². The molecular weight excluding hydrogens is 238 g/mol. The summed E-state index contributed by atoms with van der Waals surface area (Å²) < 4.78 is 4.62. The molecule has 2 aromatic rings. The van der Waals surface area contributed by atoms with E-state index >= 15 is 0 Å². The van der Waals surface area contributed by atoms with E-state index in [-0.39, 0.29) is 5.97 Å². The van der Waals surface area contributed by atoms with Gasteiger partial charge in [0.25, 0.3) is 0 Å². The fourth-order valence-electron chi connectivity index (χ4n) is 2.03. The van der Waals surface area contributed by atoms with Gasteiger partial charge in [-0.25, -0.2) is 4.79 Å². The summed E-state index contributed by atoms with van der Waals surface area (Å²) in [5.41, 5.74) is 1.08. The summed E-state index contributed by atoms with van der Waals surface area (Å²) in [6.07, 6.45) is 3.19. The van der Waals surface area contributed by atoms with E-state index < -0.39 is 0 Å². The number of esters is 1. The fourth-order valence-corrected chi connectivity index (χ4v) is 2.03. The molecule has 0 saturated heterocycles. The first-order chi connectivity index (χ1) is 9.26. The molecule has 0 aliphatic heterocycles. The molecule has 3 heteroatoms. The lowest BCUT2D eigenvalue weighted by Gasteiger charge is -2.20. The van der Waals surface area contributed by atoms with Crippen LogP contribution in [0.3, 0.4) is 0 Å². The topological polar surface area (TPSA) is 29.5 Å². The number of nitrogens with zero attached hydrogens (tertiary/aromatic N) is 1. The van der Waals surface area contributed by atoms with Crippen molar-refractivity contribution in [2.45, 2.75) is 6.92 Å². The molecule has 98 valence electrons. The minimum Gasteiger partial charge on any atom is -0.466 e. The molecule has 3 nitrogen and oxygen atoms in total. The Morgan fingerprint density at radius 3 is 2.68 bits per heavy atom. The van der Waals surface area contributed by atoms with Crippen molar-refractivity contribution < 1.29 is 9.53 Å². The van der Waals surface area contributed by atoms with Gasteiger partial charge in [0.2, 0.25) is 0 Å². The molecule has 19 heavy (non-hydrogen) atoms. The molecule has 0 aromatic heterocycles. The van der Waals surface area contributed by atoms with Crippen molar-refractivity contribution in [1.29, 1.82) is 0 Å². The molecule has 0 spiro atoms. The van der Waals surface area contributed by atoms with Crippen molar-refractivity contribution in [3.05, 3.63) is 54.7 Å². The van der Waals surface area contributed by atoms with Gasteiger partial charge in [0.15, 0.2) is 0 Å². The molecule has 0 amide bonds. The predicted octanol–water partition coefficient (Wildman–Crippen LogP) is 3.35. The number of hydrogen-bond donors (Lipinski definition) is 0. The van der Waals surface area contributed by atoms with E-state index in [9.17, 15) is 4.79 Å². The van der Waals surface area contributed by atoms with Crippen LogP contribution in [-0.4, -0.2) is 19.6 Å². The normalized spacial score (nSPS) is 10.8. The van der Waals surface area contributed by atoms with Crippen LogP contribution in [0.25, 0.3) is 10.8 Å². The van der Waals surface area contributed by atoms with E-state index in [1.807, 2.05) is 36.1 Å². The van der Waals surface area contributed by atoms with Crippen LogP contribution in [0, 0.1) is 0 Å². The number of carbonyl (C=O) groups is 1. The number of ether oxygens (including phenoxy) is 1. The second-order valence-corrected chi connectivity index (χ2v) is 4.12. The maximum absolute atomic E-state index is 11.2. The van der Waals surface area contributed by atoms with Crippen molar-refractivity contribution >= 4 is 22.4 Å². The number of hydrogen-bond acceptors (Lipinski definition) is 3. The molecular formula is C16H17NO2. The molecule has 0 aliphatic carbocycles. The third-order valence-electron chi connectivity index (χ3n) is 3.01. The van der Waals surface area contributed by atoms with E-state index in [1.165, 1.54) is 24.0 Å². The molecule has 0 radical (unpaired) electrons. The summed E-state index contributed by atoms with van der Waals surface area (Å²) in [7, 11) is 1.38. The van der Waals surface area contributed by atoms with Crippen molar-refractivity contribution in [3.63, 3.8) is 0 Å². The first kappa shape index (κ1) is 13.1. The average Bonchev–Trinajstić information content (AvgIpc) is 2.47.